The number of halogens is 3. The van der Waals surface area contributed by atoms with Gasteiger partial charge in [-0.1, -0.05) is 24.3 Å². The molecule has 9 heteroatoms. The molecule has 1 saturated heterocycles. The van der Waals surface area contributed by atoms with Gasteiger partial charge in [0, 0.05) is 31.6 Å². The fraction of sp³-hybridized carbons (Fsp3) is 0.300. The molecule has 6 nitrogen and oxygen atoms in total. The standard InChI is InChI=1S/C20H19F3N2O4/c21-15-7-5-13(6-8-15)11-24-19(27)29-20(28)9-2-10-25(18(20)26)12-14-3-1-4-16(22)17(14)23/h1,3-8,28H,2,9-12H2,(H,24,27)/t20-/m1/s1. The number of nitrogens with zero attached hydrogens (tertiary/aromatic N) is 1. The fourth-order valence-corrected chi connectivity index (χ4v) is 3.05. The predicted octanol–water partition coefficient (Wildman–Crippen LogP) is 2.84. The molecule has 0 radical (unpaired) electrons. The van der Waals surface area contributed by atoms with Crippen LogP contribution in [0.15, 0.2) is 42.5 Å². The number of amides is 2. The molecule has 0 aliphatic carbocycles. The van der Waals surface area contributed by atoms with Crippen LogP contribution in [0.1, 0.15) is 24.0 Å². The first kappa shape index (κ1) is 20.7. The SMILES string of the molecule is O=C(NCc1ccc(F)cc1)O[C@]1(O)CCCN(Cc2cccc(F)c2F)C1=O. The molecule has 154 valence electrons. The predicted molar refractivity (Wildman–Crippen MR) is 95.7 cm³/mol. The normalized spacial score (nSPS) is 19.2. The summed E-state index contributed by atoms with van der Waals surface area (Å²) in [4.78, 5) is 25.7. The summed E-state index contributed by atoms with van der Waals surface area (Å²) >= 11 is 0. The number of benzene rings is 2. The zero-order valence-corrected chi connectivity index (χ0v) is 15.3. The summed E-state index contributed by atoms with van der Waals surface area (Å²) in [6, 6.07) is 8.98. The van der Waals surface area contributed by atoms with Crippen LogP contribution in [0, 0.1) is 17.5 Å². The van der Waals surface area contributed by atoms with Gasteiger partial charge in [0.15, 0.2) is 11.6 Å². The Bertz CT molecular complexity index is 907. The van der Waals surface area contributed by atoms with Gasteiger partial charge in [0.1, 0.15) is 5.82 Å². The molecule has 1 heterocycles. The Morgan fingerprint density at radius 3 is 2.62 bits per heavy atom. The first-order valence-corrected chi connectivity index (χ1v) is 8.94. The zero-order valence-electron chi connectivity index (χ0n) is 15.3. The number of alkyl carbamates (subject to hydrolysis) is 1. The van der Waals surface area contributed by atoms with E-state index in [0.717, 1.165) is 11.0 Å². The summed E-state index contributed by atoms with van der Waals surface area (Å²) in [5, 5.41) is 12.9. The van der Waals surface area contributed by atoms with Crippen molar-refractivity contribution >= 4 is 12.0 Å². The topological polar surface area (TPSA) is 78.9 Å². The van der Waals surface area contributed by atoms with E-state index in [1.165, 1.54) is 36.4 Å². The molecule has 0 spiro atoms. The average Bonchev–Trinajstić information content (AvgIpc) is 2.68. The molecule has 2 aromatic rings. The van der Waals surface area contributed by atoms with Crippen molar-refractivity contribution in [2.45, 2.75) is 31.7 Å². The highest BCUT2D eigenvalue weighted by atomic mass is 19.2. The fourth-order valence-electron chi connectivity index (χ4n) is 3.05. The van der Waals surface area contributed by atoms with Crippen LogP contribution in [0.3, 0.4) is 0 Å². The van der Waals surface area contributed by atoms with E-state index >= 15 is 0 Å². The summed E-state index contributed by atoms with van der Waals surface area (Å²) < 4.78 is 45.1. The molecule has 0 unspecified atom stereocenters. The third-order valence-corrected chi connectivity index (χ3v) is 4.57. The number of aliphatic hydroxyl groups is 1. The Balaban J connectivity index is 1.62. The second-order valence-corrected chi connectivity index (χ2v) is 6.70. The molecule has 1 aliphatic rings. The lowest BCUT2D eigenvalue weighted by molar-refractivity contribution is -0.206. The summed E-state index contributed by atoms with van der Waals surface area (Å²) in [6.07, 6.45) is -0.869. The smallest absolute Gasteiger partial charge is 0.407 e. The average molecular weight is 408 g/mol. The van der Waals surface area contributed by atoms with Crippen LogP contribution in [-0.4, -0.2) is 34.3 Å². The minimum atomic E-state index is -2.41. The maximum atomic E-state index is 13.9. The van der Waals surface area contributed by atoms with Crippen LogP contribution in [0.5, 0.6) is 0 Å². The van der Waals surface area contributed by atoms with E-state index in [9.17, 15) is 27.9 Å². The molecule has 0 saturated carbocycles. The Hall–Kier alpha value is -3.07. The van der Waals surface area contributed by atoms with Crippen molar-refractivity contribution < 1.29 is 32.6 Å². The van der Waals surface area contributed by atoms with Gasteiger partial charge in [-0.25, -0.2) is 18.0 Å². The van der Waals surface area contributed by atoms with Crippen molar-refractivity contribution in [3.8, 4) is 0 Å². The van der Waals surface area contributed by atoms with Gasteiger partial charge in [0.25, 0.3) is 11.7 Å². The van der Waals surface area contributed by atoms with Gasteiger partial charge in [-0.05, 0) is 30.2 Å². The molecule has 2 aromatic carbocycles. The Morgan fingerprint density at radius 1 is 1.17 bits per heavy atom. The van der Waals surface area contributed by atoms with Gasteiger partial charge >= 0.3 is 6.09 Å². The lowest BCUT2D eigenvalue weighted by Gasteiger charge is -2.37. The largest absolute Gasteiger partial charge is 0.410 e. The van der Waals surface area contributed by atoms with E-state index in [1.54, 1.807) is 0 Å². The molecule has 1 fully saturated rings. The summed E-state index contributed by atoms with van der Waals surface area (Å²) in [5.74, 6) is -5.86. The van der Waals surface area contributed by atoms with Gasteiger partial charge in [0.2, 0.25) is 0 Å². The monoisotopic (exact) mass is 408 g/mol. The maximum absolute atomic E-state index is 13.9. The van der Waals surface area contributed by atoms with Gasteiger partial charge in [-0.2, -0.15) is 0 Å². The summed E-state index contributed by atoms with van der Waals surface area (Å²) in [5.41, 5.74) is 0.539. The van der Waals surface area contributed by atoms with E-state index in [2.05, 4.69) is 5.32 Å². The van der Waals surface area contributed by atoms with Crippen LogP contribution < -0.4 is 5.32 Å². The van der Waals surface area contributed by atoms with Crippen LogP contribution in [0.2, 0.25) is 0 Å². The van der Waals surface area contributed by atoms with E-state index in [1.807, 2.05) is 0 Å². The lowest BCUT2D eigenvalue weighted by atomic mass is 10.0. The second kappa shape index (κ2) is 8.52. The molecule has 1 atom stereocenters. The third-order valence-electron chi connectivity index (χ3n) is 4.57. The van der Waals surface area contributed by atoms with Crippen molar-refractivity contribution in [1.82, 2.24) is 10.2 Å². The summed E-state index contributed by atoms with van der Waals surface area (Å²) in [7, 11) is 0. The zero-order chi connectivity index (χ0) is 21.0. The van der Waals surface area contributed by atoms with Crippen LogP contribution in [0.25, 0.3) is 0 Å². The van der Waals surface area contributed by atoms with Gasteiger partial charge < -0.3 is 20.1 Å². The van der Waals surface area contributed by atoms with Crippen molar-refractivity contribution in [3.63, 3.8) is 0 Å². The van der Waals surface area contributed by atoms with Crippen molar-refractivity contribution in [2.24, 2.45) is 0 Å². The van der Waals surface area contributed by atoms with Crippen LogP contribution >= 0.6 is 0 Å². The van der Waals surface area contributed by atoms with Crippen LogP contribution in [-0.2, 0) is 22.6 Å². The highest BCUT2D eigenvalue weighted by Gasteiger charge is 2.46. The van der Waals surface area contributed by atoms with E-state index in [4.69, 9.17) is 4.74 Å². The number of ether oxygens (including phenoxy) is 1. The lowest BCUT2D eigenvalue weighted by Crippen LogP contribution is -2.56. The van der Waals surface area contributed by atoms with Crippen molar-refractivity contribution in [3.05, 3.63) is 71.0 Å². The number of hydrogen-bond acceptors (Lipinski definition) is 4. The minimum Gasteiger partial charge on any atom is -0.407 e. The van der Waals surface area contributed by atoms with Crippen LogP contribution in [0.4, 0.5) is 18.0 Å². The highest BCUT2D eigenvalue weighted by Crippen LogP contribution is 2.26. The molecule has 2 N–H and O–H groups in total. The number of piperidine rings is 1. The molecule has 2 amide bonds. The van der Waals surface area contributed by atoms with Crippen molar-refractivity contribution in [1.29, 1.82) is 0 Å². The molecule has 0 aromatic heterocycles. The van der Waals surface area contributed by atoms with Gasteiger partial charge in [-0.15, -0.1) is 0 Å². The van der Waals surface area contributed by atoms with E-state index in [0.29, 0.717) is 12.0 Å². The third kappa shape index (κ3) is 4.86. The van der Waals surface area contributed by atoms with Gasteiger partial charge in [0.05, 0.1) is 0 Å². The van der Waals surface area contributed by atoms with E-state index < -0.39 is 35.2 Å². The first-order valence-electron chi connectivity index (χ1n) is 8.94. The quantitative estimate of drug-likeness (QED) is 0.746. The molecular weight excluding hydrogens is 389 g/mol. The number of carbonyl (C=O) groups is 2. The first-order chi connectivity index (χ1) is 13.8. The van der Waals surface area contributed by atoms with Crippen molar-refractivity contribution in [2.75, 3.05) is 6.54 Å². The number of hydrogen-bond donors (Lipinski definition) is 2. The molecule has 3 rings (SSSR count). The van der Waals surface area contributed by atoms with E-state index in [-0.39, 0.29) is 31.6 Å². The number of likely N-dealkylation sites (tertiary alicyclic amines) is 1. The molecule has 29 heavy (non-hydrogen) atoms. The van der Waals surface area contributed by atoms with Gasteiger partial charge in [-0.3, -0.25) is 4.79 Å². The molecule has 1 aliphatic heterocycles. The Labute approximate surface area is 164 Å². The molecular formula is C20H19F3N2O4. The Morgan fingerprint density at radius 2 is 1.90 bits per heavy atom. The summed E-state index contributed by atoms with van der Waals surface area (Å²) in [6.45, 7) is -0.0788. The number of rotatable bonds is 5. The maximum Gasteiger partial charge on any atom is 0.410 e. The Kier molecular flexibility index (Phi) is 6.07. The molecule has 0 bridgehead atoms. The minimum absolute atomic E-state index is 0.00159. The second-order valence-electron chi connectivity index (χ2n) is 6.70. The highest BCUT2D eigenvalue weighted by molar-refractivity contribution is 5.86. The number of carbonyl (C=O) groups excluding carboxylic acids is 2. The number of nitrogens with one attached hydrogen (secondary N) is 1.